The second kappa shape index (κ2) is 7.32. The first kappa shape index (κ1) is 15.6. The largest absolute Gasteiger partial charge is 0.497 e. The van der Waals surface area contributed by atoms with Gasteiger partial charge < -0.3 is 10.1 Å². The van der Waals surface area contributed by atoms with E-state index in [-0.39, 0.29) is 11.3 Å². The topological polar surface area (TPSA) is 38.3 Å². The molecule has 1 aromatic carbocycles. The van der Waals surface area contributed by atoms with Crippen molar-refractivity contribution in [1.82, 2.24) is 5.32 Å². The summed E-state index contributed by atoms with van der Waals surface area (Å²) in [6, 6.07) is 5.37. The molecule has 110 valence electrons. The zero-order valence-electron chi connectivity index (χ0n) is 11.5. The number of methoxy groups -OCH3 is 1. The lowest BCUT2D eigenvalue weighted by Crippen LogP contribution is -2.34. The van der Waals surface area contributed by atoms with Crippen molar-refractivity contribution in [3.63, 3.8) is 0 Å². The van der Waals surface area contributed by atoms with E-state index >= 15 is 0 Å². The number of nitrogens with one attached hydrogen (secondary N) is 1. The number of ether oxygens (including phenoxy) is 1. The van der Waals surface area contributed by atoms with Crippen molar-refractivity contribution in [3.8, 4) is 5.75 Å². The Hall–Kier alpha value is -0.740. The summed E-state index contributed by atoms with van der Waals surface area (Å²) in [5, 5.41) is 3.16. The van der Waals surface area contributed by atoms with Crippen molar-refractivity contribution in [2.45, 2.75) is 31.1 Å². The molecular formula is C15H19BrClNO2. The fraction of sp³-hybridized carbons (Fsp3) is 0.533. The van der Waals surface area contributed by atoms with Gasteiger partial charge in [-0.1, -0.05) is 12.8 Å². The van der Waals surface area contributed by atoms with E-state index in [4.69, 9.17) is 16.3 Å². The molecule has 0 saturated heterocycles. The Morgan fingerprint density at radius 2 is 2.20 bits per heavy atom. The molecule has 20 heavy (non-hydrogen) atoms. The van der Waals surface area contributed by atoms with E-state index in [1.165, 1.54) is 12.8 Å². The van der Waals surface area contributed by atoms with Gasteiger partial charge in [0.15, 0.2) is 0 Å². The number of alkyl halides is 1. The summed E-state index contributed by atoms with van der Waals surface area (Å²) in [4.78, 5) is 12.2. The number of amides is 1. The van der Waals surface area contributed by atoms with Gasteiger partial charge in [-0.05, 0) is 52.9 Å². The lowest BCUT2D eigenvalue weighted by atomic mass is 9.88. The van der Waals surface area contributed by atoms with Gasteiger partial charge in [0.25, 0.3) is 5.91 Å². The van der Waals surface area contributed by atoms with E-state index in [1.807, 2.05) is 12.1 Å². The molecule has 0 radical (unpaired) electrons. The Labute approximate surface area is 133 Å². The third kappa shape index (κ3) is 3.89. The molecule has 0 aromatic heterocycles. The maximum atomic E-state index is 12.2. The number of hydrogen-bond donors (Lipinski definition) is 1. The summed E-state index contributed by atoms with van der Waals surface area (Å²) in [6.45, 7) is 0.636. The minimum atomic E-state index is -0.0924. The van der Waals surface area contributed by atoms with Crippen LogP contribution < -0.4 is 10.1 Å². The highest BCUT2D eigenvalue weighted by atomic mass is 79.9. The van der Waals surface area contributed by atoms with Crippen molar-refractivity contribution < 1.29 is 9.53 Å². The second-order valence-corrected chi connectivity index (χ2v) is 6.53. The van der Waals surface area contributed by atoms with Crippen LogP contribution in [0.2, 0.25) is 0 Å². The minimum Gasteiger partial charge on any atom is -0.497 e. The number of carbonyl (C=O) groups is 1. The lowest BCUT2D eigenvalue weighted by molar-refractivity contribution is 0.0943. The molecule has 2 rings (SSSR count). The van der Waals surface area contributed by atoms with Gasteiger partial charge in [-0.25, -0.2) is 0 Å². The Morgan fingerprint density at radius 3 is 2.90 bits per heavy atom. The quantitative estimate of drug-likeness (QED) is 0.825. The normalized spacial score (nSPS) is 22.4. The second-order valence-electron chi connectivity index (χ2n) is 5.12. The molecule has 0 bridgehead atoms. The van der Waals surface area contributed by atoms with Crippen molar-refractivity contribution in [3.05, 3.63) is 28.2 Å². The SMILES string of the molecule is COc1ccc(Br)c(C(=O)NCC2CCCCC2Cl)c1. The summed E-state index contributed by atoms with van der Waals surface area (Å²) >= 11 is 9.71. The van der Waals surface area contributed by atoms with Crippen LogP contribution in [0.3, 0.4) is 0 Å². The molecule has 1 aliphatic carbocycles. The maximum absolute atomic E-state index is 12.2. The van der Waals surface area contributed by atoms with Crippen LogP contribution in [-0.4, -0.2) is 24.9 Å². The fourth-order valence-corrected chi connectivity index (χ4v) is 3.31. The lowest BCUT2D eigenvalue weighted by Gasteiger charge is -2.27. The number of benzene rings is 1. The van der Waals surface area contributed by atoms with E-state index in [1.54, 1.807) is 13.2 Å². The van der Waals surface area contributed by atoms with E-state index in [0.29, 0.717) is 23.8 Å². The molecule has 1 N–H and O–H groups in total. The van der Waals surface area contributed by atoms with Crippen LogP contribution in [0.25, 0.3) is 0 Å². The van der Waals surface area contributed by atoms with Crippen LogP contribution in [0.5, 0.6) is 5.75 Å². The van der Waals surface area contributed by atoms with Crippen LogP contribution >= 0.6 is 27.5 Å². The third-order valence-electron chi connectivity index (χ3n) is 3.76. The Kier molecular flexibility index (Phi) is 5.73. The molecule has 1 amide bonds. The predicted octanol–water partition coefficient (Wildman–Crippen LogP) is 3.99. The van der Waals surface area contributed by atoms with Gasteiger partial charge in [-0.15, -0.1) is 11.6 Å². The van der Waals surface area contributed by atoms with Crippen molar-refractivity contribution in [2.75, 3.05) is 13.7 Å². The third-order valence-corrected chi connectivity index (χ3v) is 5.03. The van der Waals surface area contributed by atoms with E-state index in [2.05, 4.69) is 21.2 Å². The smallest absolute Gasteiger partial charge is 0.252 e. The average molecular weight is 361 g/mol. The van der Waals surface area contributed by atoms with Crippen LogP contribution in [-0.2, 0) is 0 Å². The standard InChI is InChI=1S/C15H19BrClNO2/c1-20-11-6-7-13(16)12(8-11)15(19)18-9-10-4-2-3-5-14(10)17/h6-8,10,14H,2-5,9H2,1H3,(H,18,19). The molecule has 0 aliphatic heterocycles. The van der Waals surface area contributed by atoms with Crippen LogP contribution in [0.4, 0.5) is 0 Å². The highest BCUT2D eigenvalue weighted by Crippen LogP contribution is 2.28. The molecule has 1 aliphatic rings. The summed E-state index contributed by atoms with van der Waals surface area (Å²) < 4.78 is 5.92. The molecule has 2 unspecified atom stereocenters. The maximum Gasteiger partial charge on any atom is 0.252 e. The molecule has 5 heteroatoms. The van der Waals surface area contributed by atoms with Crippen molar-refractivity contribution >= 4 is 33.4 Å². The fourth-order valence-electron chi connectivity index (χ4n) is 2.52. The number of rotatable bonds is 4. The molecule has 1 fully saturated rings. The number of halogens is 2. The van der Waals surface area contributed by atoms with Gasteiger partial charge in [0.2, 0.25) is 0 Å². The molecule has 1 saturated carbocycles. The Bertz CT molecular complexity index is 481. The first-order valence-electron chi connectivity index (χ1n) is 6.87. The van der Waals surface area contributed by atoms with Gasteiger partial charge in [0.05, 0.1) is 12.7 Å². The van der Waals surface area contributed by atoms with Gasteiger partial charge in [0, 0.05) is 16.4 Å². The molecular weight excluding hydrogens is 342 g/mol. The zero-order chi connectivity index (χ0) is 14.5. The highest BCUT2D eigenvalue weighted by molar-refractivity contribution is 9.10. The summed E-state index contributed by atoms with van der Waals surface area (Å²) in [5.41, 5.74) is 0.589. The van der Waals surface area contributed by atoms with Crippen molar-refractivity contribution in [2.24, 2.45) is 5.92 Å². The van der Waals surface area contributed by atoms with E-state index in [0.717, 1.165) is 17.3 Å². The predicted molar refractivity (Wildman–Crippen MR) is 84.6 cm³/mol. The Balaban J connectivity index is 1.97. The molecule has 3 nitrogen and oxygen atoms in total. The van der Waals surface area contributed by atoms with Crippen LogP contribution in [0.15, 0.2) is 22.7 Å². The molecule has 1 aromatic rings. The monoisotopic (exact) mass is 359 g/mol. The van der Waals surface area contributed by atoms with Gasteiger partial charge in [0.1, 0.15) is 5.75 Å². The van der Waals surface area contributed by atoms with Crippen LogP contribution in [0, 0.1) is 5.92 Å². The first-order chi connectivity index (χ1) is 9.61. The number of hydrogen-bond acceptors (Lipinski definition) is 2. The minimum absolute atomic E-state index is 0.0924. The highest BCUT2D eigenvalue weighted by Gasteiger charge is 2.23. The van der Waals surface area contributed by atoms with Gasteiger partial charge in [-0.2, -0.15) is 0 Å². The summed E-state index contributed by atoms with van der Waals surface area (Å²) in [6.07, 6.45) is 4.53. The molecule has 2 atom stereocenters. The number of carbonyl (C=O) groups excluding carboxylic acids is 1. The van der Waals surface area contributed by atoms with Gasteiger partial charge >= 0.3 is 0 Å². The van der Waals surface area contributed by atoms with Gasteiger partial charge in [-0.3, -0.25) is 4.79 Å². The first-order valence-corrected chi connectivity index (χ1v) is 8.10. The summed E-state index contributed by atoms with van der Waals surface area (Å²) in [7, 11) is 1.59. The van der Waals surface area contributed by atoms with E-state index in [9.17, 15) is 4.79 Å². The zero-order valence-corrected chi connectivity index (χ0v) is 13.8. The van der Waals surface area contributed by atoms with Crippen LogP contribution in [0.1, 0.15) is 36.0 Å². The van der Waals surface area contributed by atoms with Crippen molar-refractivity contribution in [1.29, 1.82) is 0 Å². The Morgan fingerprint density at radius 1 is 1.45 bits per heavy atom. The summed E-state index contributed by atoms with van der Waals surface area (Å²) in [5.74, 6) is 0.954. The average Bonchev–Trinajstić information content (AvgIpc) is 2.46. The molecule has 0 heterocycles. The van der Waals surface area contributed by atoms with E-state index < -0.39 is 0 Å². The molecule has 0 spiro atoms.